The van der Waals surface area contributed by atoms with Crippen LogP contribution in [-0.2, 0) is 4.74 Å². The summed E-state index contributed by atoms with van der Waals surface area (Å²) in [4.78, 5) is 2.39. The second-order valence-electron chi connectivity index (χ2n) is 5.79. The summed E-state index contributed by atoms with van der Waals surface area (Å²) in [5.41, 5.74) is 1.35. The van der Waals surface area contributed by atoms with Gasteiger partial charge >= 0.3 is 0 Å². The molecule has 2 heterocycles. The number of morpholine rings is 1. The first-order chi connectivity index (χ1) is 9.83. The van der Waals surface area contributed by atoms with Gasteiger partial charge in [-0.25, -0.2) is 0 Å². The van der Waals surface area contributed by atoms with E-state index in [1.807, 2.05) is 6.07 Å². The zero-order valence-electron chi connectivity index (χ0n) is 12.2. The molecule has 1 N–H and O–H groups in total. The van der Waals surface area contributed by atoms with Crippen LogP contribution in [0.4, 0.5) is 0 Å². The molecule has 110 valence electrons. The molecule has 0 aromatic heterocycles. The van der Waals surface area contributed by atoms with Crippen molar-refractivity contribution < 1.29 is 9.47 Å². The highest BCUT2D eigenvalue weighted by Gasteiger charge is 2.23. The fourth-order valence-corrected chi connectivity index (χ4v) is 3.14. The average molecular weight is 276 g/mol. The van der Waals surface area contributed by atoms with E-state index in [4.69, 9.17) is 9.47 Å². The van der Waals surface area contributed by atoms with Gasteiger partial charge in [-0.15, -0.1) is 0 Å². The minimum atomic E-state index is 0.323. The molecule has 1 saturated heterocycles. The van der Waals surface area contributed by atoms with Gasteiger partial charge in [0.05, 0.1) is 19.3 Å². The standard InChI is InChI=1S/C16H24N2O2/c1-18(12-14-10-17-7-9-19-14)11-13-6-8-20-16-5-3-2-4-15(13)16/h2-5,13-14,17H,6-12H2,1H3. The van der Waals surface area contributed by atoms with Crippen molar-refractivity contribution in [2.75, 3.05) is 46.4 Å². The van der Waals surface area contributed by atoms with Gasteiger partial charge in [0.1, 0.15) is 5.75 Å². The van der Waals surface area contributed by atoms with Gasteiger partial charge in [-0.3, -0.25) is 0 Å². The number of fused-ring (bicyclic) bond motifs is 1. The second kappa shape index (κ2) is 6.57. The van der Waals surface area contributed by atoms with E-state index >= 15 is 0 Å². The Hall–Kier alpha value is -1.10. The molecule has 1 fully saturated rings. The highest BCUT2D eigenvalue weighted by molar-refractivity contribution is 5.37. The Morgan fingerprint density at radius 3 is 3.00 bits per heavy atom. The van der Waals surface area contributed by atoms with E-state index in [0.29, 0.717) is 12.0 Å². The van der Waals surface area contributed by atoms with Crippen molar-refractivity contribution in [1.29, 1.82) is 0 Å². The second-order valence-corrected chi connectivity index (χ2v) is 5.79. The monoisotopic (exact) mass is 276 g/mol. The molecule has 2 aliphatic rings. The molecular formula is C16H24N2O2. The molecule has 0 spiro atoms. The van der Waals surface area contributed by atoms with Gasteiger partial charge in [-0.05, 0) is 25.1 Å². The highest BCUT2D eigenvalue weighted by atomic mass is 16.5. The quantitative estimate of drug-likeness (QED) is 0.903. The molecule has 3 rings (SSSR count). The van der Waals surface area contributed by atoms with Crippen LogP contribution in [0, 0.1) is 0 Å². The number of nitrogens with one attached hydrogen (secondary N) is 1. The van der Waals surface area contributed by atoms with Crippen LogP contribution in [0.1, 0.15) is 17.9 Å². The minimum absolute atomic E-state index is 0.323. The van der Waals surface area contributed by atoms with Gasteiger partial charge in [-0.1, -0.05) is 18.2 Å². The van der Waals surface area contributed by atoms with Crippen molar-refractivity contribution in [3.8, 4) is 5.75 Å². The van der Waals surface area contributed by atoms with Crippen molar-refractivity contribution in [3.63, 3.8) is 0 Å². The van der Waals surface area contributed by atoms with Crippen LogP contribution in [0.3, 0.4) is 0 Å². The van der Waals surface area contributed by atoms with E-state index in [0.717, 1.165) is 51.6 Å². The topological polar surface area (TPSA) is 33.7 Å². The van der Waals surface area contributed by atoms with Crippen molar-refractivity contribution >= 4 is 0 Å². The van der Waals surface area contributed by atoms with Crippen LogP contribution in [0.5, 0.6) is 5.75 Å². The van der Waals surface area contributed by atoms with Gasteiger partial charge in [0.25, 0.3) is 0 Å². The number of rotatable bonds is 4. The Kier molecular flexibility index (Phi) is 4.55. The number of para-hydroxylation sites is 1. The summed E-state index contributed by atoms with van der Waals surface area (Å²) in [6.45, 7) is 5.67. The van der Waals surface area contributed by atoms with Crippen LogP contribution in [-0.4, -0.2) is 57.4 Å². The summed E-state index contributed by atoms with van der Waals surface area (Å²) in [6.07, 6.45) is 1.43. The van der Waals surface area contributed by atoms with E-state index in [9.17, 15) is 0 Å². The third-order valence-corrected chi connectivity index (χ3v) is 4.13. The Bertz CT molecular complexity index is 432. The molecule has 1 aromatic carbocycles. The van der Waals surface area contributed by atoms with Crippen LogP contribution < -0.4 is 10.1 Å². The number of likely N-dealkylation sites (N-methyl/N-ethyl adjacent to an activating group) is 1. The fourth-order valence-electron chi connectivity index (χ4n) is 3.14. The van der Waals surface area contributed by atoms with Gasteiger partial charge in [0.15, 0.2) is 0 Å². The van der Waals surface area contributed by atoms with Gasteiger partial charge in [-0.2, -0.15) is 0 Å². The van der Waals surface area contributed by atoms with E-state index in [1.54, 1.807) is 0 Å². The Labute approximate surface area is 121 Å². The molecule has 4 heteroatoms. The molecule has 0 aliphatic carbocycles. The average Bonchev–Trinajstić information content (AvgIpc) is 2.48. The van der Waals surface area contributed by atoms with Crippen LogP contribution in [0.2, 0.25) is 0 Å². The van der Waals surface area contributed by atoms with Crippen molar-refractivity contribution in [1.82, 2.24) is 10.2 Å². The first-order valence-corrected chi connectivity index (χ1v) is 7.55. The maximum absolute atomic E-state index is 5.78. The molecule has 2 atom stereocenters. The highest BCUT2D eigenvalue weighted by Crippen LogP contribution is 2.33. The molecule has 0 amide bonds. The van der Waals surface area contributed by atoms with Crippen LogP contribution >= 0.6 is 0 Å². The first-order valence-electron chi connectivity index (χ1n) is 7.55. The lowest BCUT2D eigenvalue weighted by atomic mass is 9.92. The lowest BCUT2D eigenvalue weighted by Crippen LogP contribution is -2.45. The smallest absolute Gasteiger partial charge is 0.122 e. The summed E-state index contributed by atoms with van der Waals surface area (Å²) in [5.74, 6) is 1.63. The van der Waals surface area contributed by atoms with Crippen molar-refractivity contribution in [2.45, 2.75) is 18.4 Å². The molecular weight excluding hydrogens is 252 g/mol. The first kappa shape index (κ1) is 13.9. The van der Waals surface area contributed by atoms with E-state index in [1.165, 1.54) is 5.56 Å². The van der Waals surface area contributed by atoms with Crippen LogP contribution in [0.25, 0.3) is 0 Å². The number of hydrogen-bond acceptors (Lipinski definition) is 4. The number of ether oxygens (including phenoxy) is 2. The SMILES string of the molecule is CN(CC1CNCCO1)CC1CCOc2ccccc21. The number of nitrogens with zero attached hydrogens (tertiary/aromatic N) is 1. The molecule has 2 aliphatic heterocycles. The summed E-state index contributed by atoms with van der Waals surface area (Å²) < 4.78 is 11.5. The van der Waals surface area contributed by atoms with E-state index in [-0.39, 0.29) is 0 Å². The predicted octanol–water partition coefficient (Wildman–Crippen LogP) is 1.47. The Morgan fingerprint density at radius 2 is 2.15 bits per heavy atom. The molecule has 1 aromatic rings. The van der Waals surface area contributed by atoms with E-state index in [2.05, 4.69) is 35.5 Å². The molecule has 4 nitrogen and oxygen atoms in total. The van der Waals surface area contributed by atoms with Gasteiger partial charge < -0.3 is 19.7 Å². The molecule has 0 saturated carbocycles. The molecule has 0 radical (unpaired) electrons. The summed E-state index contributed by atoms with van der Waals surface area (Å²) in [7, 11) is 2.19. The third kappa shape index (κ3) is 3.32. The molecule has 0 bridgehead atoms. The summed E-state index contributed by atoms with van der Waals surface area (Å²) in [6, 6.07) is 8.43. The lowest BCUT2D eigenvalue weighted by Gasteiger charge is -2.32. The zero-order valence-corrected chi connectivity index (χ0v) is 12.2. The van der Waals surface area contributed by atoms with Crippen molar-refractivity contribution in [3.05, 3.63) is 29.8 Å². The summed E-state index contributed by atoms with van der Waals surface area (Å²) >= 11 is 0. The van der Waals surface area contributed by atoms with Crippen LogP contribution in [0.15, 0.2) is 24.3 Å². The van der Waals surface area contributed by atoms with E-state index < -0.39 is 0 Å². The maximum Gasteiger partial charge on any atom is 0.122 e. The third-order valence-electron chi connectivity index (χ3n) is 4.13. The maximum atomic E-state index is 5.78. The Morgan fingerprint density at radius 1 is 1.25 bits per heavy atom. The minimum Gasteiger partial charge on any atom is -0.493 e. The predicted molar refractivity (Wildman–Crippen MR) is 79.4 cm³/mol. The fraction of sp³-hybridized carbons (Fsp3) is 0.625. The summed E-state index contributed by atoms with van der Waals surface area (Å²) in [5, 5.41) is 3.39. The lowest BCUT2D eigenvalue weighted by molar-refractivity contribution is 0.00867. The van der Waals surface area contributed by atoms with Crippen molar-refractivity contribution in [2.24, 2.45) is 0 Å². The van der Waals surface area contributed by atoms with Gasteiger partial charge in [0.2, 0.25) is 0 Å². The number of benzene rings is 1. The molecule has 20 heavy (non-hydrogen) atoms. The normalized spacial score (nSPS) is 26.1. The van der Waals surface area contributed by atoms with Gasteiger partial charge in [0, 0.05) is 32.1 Å². The Balaban J connectivity index is 1.57. The zero-order chi connectivity index (χ0) is 13.8. The number of hydrogen-bond donors (Lipinski definition) is 1. The molecule has 2 unspecified atom stereocenters. The largest absolute Gasteiger partial charge is 0.493 e.